The molecule has 26 heavy (non-hydrogen) atoms. The highest BCUT2D eigenvalue weighted by Crippen LogP contribution is 2.24. The van der Waals surface area contributed by atoms with E-state index in [0.29, 0.717) is 25.5 Å². The first-order valence-electron chi connectivity index (χ1n) is 8.17. The van der Waals surface area contributed by atoms with Gasteiger partial charge in [-0.15, -0.1) is 0 Å². The number of anilines is 1. The molecular formula is C17H21BrF2N4O2. The van der Waals surface area contributed by atoms with Gasteiger partial charge in [-0.2, -0.15) is 4.98 Å². The van der Waals surface area contributed by atoms with Gasteiger partial charge in [0.1, 0.15) is 22.7 Å². The Labute approximate surface area is 158 Å². The fourth-order valence-corrected chi connectivity index (χ4v) is 2.67. The zero-order chi connectivity index (χ0) is 19.3. The number of ether oxygens (including phenoxy) is 1. The average molecular weight is 431 g/mol. The van der Waals surface area contributed by atoms with E-state index >= 15 is 0 Å². The second-order valence-corrected chi connectivity index (χ2v) is 6.71. The molecule has 0 aliphatic rings. The van der Waals surface area contributed by atoms with Crippen LogP contribution in [0.4, 0.5) is 14.7 Å². The van der Waals surface area contributed by atoms with Crippen LogP contribution in [0, 0.1) is 11.6 Å². The quantitative estimate of drug-likeness (QED) is 0.628. The first-order valence-corrected chi connectivity index (χ1v) is 8.97. The van der Waals surface area contributed by atoms with Gasteiger partial charge < -0.3 is 15.8 Å². The smallest absolute Gasteiger partial charge is 0.273 e. The molecule has 0 aliphatic heterocycles. The van der Waals surface area contributed by atoms with Crippen LogP contribution in [0.25, 0.3) is 0 Å². The van der Waals surface area contributed by atoms with Crippen LogP contribution in [0.3, 0.4) is 0 Å². The molecule has 0 fully saturated rings. The van der Waals surface area contributed by atoms with Crippen LogP contribution in [-0.2, 0) is 6.61 Å². The van der Waals surface area contributed by atoms with Crippen LogP contribution < -0.4 is 21.3 Å². The maximum atomic E-state index is 13.7. The van der Waals surface area contributed by atoms with Gasteiger partial charge in [-0.05, 0) is 54.9 Å². The summed E-state index contributed by atoms with van der Waals surface area (Å²) in [6.07, 6.45) is 0.709. The van der Waals surface area contributed by atoms with Crippen molar-refractivity contribution < 1.29 is 13.5 Å². The highest BCUT2D eigenvalue weighted by Gasteiger charge is 2.18. The zero-order valence-electron chi connectivity index (χ0n) is 14.6. The Morgan fingerprint density at radius 1 is 1.38 bits per heavy atom. The van der Waals surface area contributed by atoms with Gasteiger partial charge in [-0.3, -0.25) is 9.36 Å². The molecule has 0 amide bonds. The van der Waals surface area contributed by atoms with E-state index < -0.39 is 11.6 Å². The van der Waals surface area contributed by atoms with E-state index in [1.54, 1.807) is 0 Å². The van der Waals surface area contributed by atoms with Crippen molar-refractivity contribution in [1.29, 1.82) is 0 Å². The molecular weight excluding hydrogens is 410 g/mol. The van der Waals surface area contributed by atoms with E-state index in [-0.39, 0.29) is 34.1 Å². The summed E-state index contributed by atoms with van der Waals surface area (Å²) in [5, 5.41) is 3.07. The van der Waals surface area contributed by atoms with Gasteiger partial charge in [0.15, 0.2) is 0 Å². The second-order valence-electron chi connectivity index (χ2n) is 5.92. The lowest BCUT2D eigenvalue weighted by molar-refractivity contribution is 0.283. The van der Waals surface area contributed by atoms with Crippen molar-refractivity contribution in [2.75, 3.05) is 18.4 Å². The number of nitrogens with zero attached hydrogens (tertiary/aromatic N) is 2. The third-order valence-corrected chi connectivity index (χ3v) is 4.27. The predicted molar refractivity (Wildman–Crippen MR) is 99.4 cm³/mol. The molecule has 1 aromatic carbocycles. The van der Waals surface area contributed by atoms with E-state index in [4.69, 9.17) is 10.5 Å². The Morgan fingerprint density at radius 3 is 2.73 bits per heavy atom. The van der Waals surface area contributed by atoms with Crippen molar-refractivity contribution in [2.45, 2.75) is 32.9 Å². The maximum absolute atomic E-state index is 13.7. The predicted octanol–water partition coefficient (Wildman–Crippen LogP) is 3.20. The molecule has 0 bridgehead atoms. The van der Waals surface area contributed by atoms with Crippen LogP contribution in [0.15, 0.2) is 27.5 Å². The standard InChI is InChI=1S/C17H21BrF2N4O2/c1-10(2)24-16(25)14(18)15(23-17(24)22-7-3-6-21)26-9-11-4-5-12(19)8-13(11)20/h4-5,8,10H,3,6-7,9,21H2,1-2H3,(H,22,23). The van der Waals surface area contributed by atoms with E-state index in [9.17, 15) is 13.6 Å². The van der Waals surface area contributed by atoms with Gasteiger partial charge >= 0.3 is 0 Å². The van der Waals surface area contributed by atoms with Gasteiger partial charge in [0.2, 0.25) is 11.8 Å². The lowest BCUT2D eigenvalue weighted by Gasteiger charge is -2.18. The van der Waals surface area contributed by atoms with Crippen molar-refractivity contribution in [3.8, 4) is 5.88 Å². The number of benzene rings is 1. The molecule has 142 valence electrons. The maximum Gasteiger partial charge on any atom is 0.273 e. The van der Waals surface area contributed by atoms with Crippen molar-refractivity contribution >= 4 is 21.9 Å². The normalized spacial score (nSPS) is 11.0. The van der Waals surface area contributed by atoms with Crippen LogP contribution in [0.5, 0.6) is 5.88 Å². The minimum absolute atomic E-state index is 0.0332. The minimum Gasteiger partial charge on any atom is -0.472 e. The number of aromatic nitrogens is 2. The minimum atomic E-state index is -0.724. The molecule has 0 radical (unpaired) electrons. The van der Waals surface area contributed by atoms with E-state index in [1.807, 2.05) is 13.8 Å². The summed E-state index contributed by atoms with van der Waals surface area (Å²) >= 11 is 3.20. The molecule has 1 aromatic heterocycles. The fraction of sp³-hybridized carbons (Fsp3) is 0.412. The lowest BCUT2D eigenvalue weighted by atomic mass is 10.2. The molecule has 0 spiro atoms. The molecule has 6 nitrogen and oxygen atoms in total. The van der Waals surface area contributed by atoms with Gasteiger partial charge in [0.25, 0.3) is 5.56 Å². The molecule has 0 aliphatic carbocycles. The van der Waals surface area contributed by atoms with Gasteiger partial charge in [-0.1, -0.05) is 0 Å². The largest absolute Gasteiger partial charge is 0.472 e. The first-order chi connectivity index (χ1) is 12.3. The van der Waals surface area contributed by atoms with E-state index in [1.165, 1.54) is 10.6 Å². The molecule has 0 saturated carbocycles. The molecule has 0 atom stereocenters. The number of nitrogens with one attached hydrogen (secondary N) is 1. The Morgan fingerprint density at radius 2 is 2.12 bits per heavy atom. The summed E-state index contributed by atoms with van der Waals surface area (Å²) in [7, 11) is 0. The molecule has 3 N–H and O–H groups in total. The second kappa shape index (κ2) is 9.09. The summed E-state index contributed by atoms with van der Waals surface area (Å²) < 4.78 is 33.9. The molecule has 0 unspecified atom stereocenters. The molecule has 2 aromatic rings. The van der Waals surface area contributed by atoms with Crippen LogP contribution >= 0.6 is 15.9 Å². The highest BCUT2D eigenvalue weighted by molar-refractivity contribution is 9.10. The monoisotopic (exact) mass is 430 g/mol. The Bertz CT molecular complexity index is 827. The number of halogens is 3. The Hall–Kier alpha value is -2.00. The van der Waals surface area contributed by atoms with Gasteiger partial charge in [-0.25, -0.2) is 8.78 Å². The van der Waals surface area contributed by atoms with Gasteiger partial charge in [0, 0.05) is 24.2 Å². The SMILES string of the molecule is CC(C)n1c(NCCCN)nc(OCc2ccc(F)cc2F)c(Br)c1=O. The average Bonchev–Trinajstić information content (AvgIpc) is 2.57. The van der Waals surface area contributed by atoms with Gasteiger partial charge in [0.05, 0.1) is 0 Å². The summed E-state index contributed by atoms with van der Waals surface area (Å²) in [5.41, 5.74) is 5.33. The van der Waals surface area contributed by atoms with Crippen molar-refractivity contribution in [3.63, 3.8) is 0 Å². The zero-order valence-corrected chi connectivity index (χ0v) is 16.1. The Balaban J connectivity index is 2.31. The third-order valence-electron chi connectivity index (χ3n) is 3.59. The van der Waals surface area contributed by atoms with E-state index in [2.05, 4.69) is 26.2 Å². The van der Waals surface area contributed by atoms with Crippen molar-refractivity contribution in [2.24, 2.45) is 5.73 Å². The van der Waals surface area contributed by atoms with E-state index in [0.717, 1.165) is 12.1 Å². The topological polar surface area (TPSA) is 82.2 Å². The van der Waals surface area contributed by atoms with Crippen molar-refractivity contribution in [3.05, 3.63) is 50.2 Å². The first kappa shape index (κ1) is 20.3. The highest BCUT2D eigenvalue weighted by atomic mass is 79.9. The summed E-state index contributed by atoms with van der Waals surface area (Å²) in [6, 6.07) is 3.07. The molecule has 9 heteroatoms. The van der Waals surface area contributed by atoms with Crippen LogP contribution in [-0.4, -0.2) is 22.6 Å². The number of hydrogen-bond donors (Lipinski definition) is 2. The third kappa shape index (κ3) is 4.79. The lowest BCUT2D eigenvalue weighted by Crippen LogP contribution is -2.28. The Kier molecular flexibility index (Phi) is 7.10. The summed E-state index contributed by atoms with van der Waals surface area (Å²) in [4.78, 5) is 16.9. The number of hydrogen-bond acceptors (Lipinski definition) is 5. The van der Waals surface area contributed by atoms with Crippen molar-refractivity contribution in [1.82, 2.24) is 9.55 Å². The van der Waals surface area contributed by atoms with Crippen LogP contribution in [0.1, 0.15) is 31.9 Å². The number of nitrogens with two attached hydrogens (primary N) is 1. The number of rotatable bonds is 8. The molecule has 1 heterocycles. The van der Waals surface area contributed by atoms with Crippen LogP contribution in [0.2, 0.25) is 0 Å². The molecule has 2 rings (SSSR count). The molecule has 0 saturated heterocycles. The fourth-order valence-electron chi connectivity index (χ4n) is 2.28. The summed E-state index contributed by atoms with van der Waals surface area (Å²) in [6.45, 7) is 4.58. The summed E-state index contributed by atoms with van der Waals surface area (Å²) in [5.74, 6) is -1.02.